The predicted molar refractivity (Wildman–Crippen MR) is 65.3 cm³/mol. The van der Waals surface area contributed by atoms with E-state index < -0.39 is 5.97 Å². The Morgan fingerprint density at radius 3 is 2.53 bits per heavy atom. The molecule has 0 aliphatic carbocycles. The molecule has 0 saturated heterocycles. The highest BCUT2D eigenvalue weighted by molar-refractivity contribution is 5.87. The number of pyridine rings is 1. The second-order valence-electron chi connectivity index (χ2n) is 3.43. The Bertz CT molecular complexity index is 541. The van der Waals surface area contributed by atoms with E-state index in [0.29, 0.717) is 11.5 Å². The first kappa shape index (κ1) is 10.9. The standard InChI is InChI=1S/C12H11N3O2/c13-9-6-7-10(12(16)17)15-11(9)14-8-4-2-1-3-5-8/h1-7H,13H2,(H,14,15)(H,16,17). The molecule has 0 radical (unpaired) electrons. The average molecular weight is 229 g/mol. The van der Waals surface area contributed by atoms with Crippen molar-refractivity contribution in [1.29, 1.82) is 0 Å². The molecule has 86 valence electrons. The number of carboxylic acid groups (broad SMARTS) is 1. The van der Waals surface area contributed by atoms with Gasteiger partial charge in [-0.05, 0) is 24.3 Å². The highest BCUT2D eigenvalue weighted by Crippen LogP contribution is 2.20. The maximum atomic E-state index is 10.8. The molecule has 1 aromatic carbocycles. The number of rotatable bonds is 3. The monoisotopic (exact) mass is 229 g/mol. The van der Waals surface area contributed by atoms with Crippen LogP contribution in [0.1, 0.15) is 10.5 Å². The SMILES string of the molecule is Nc1ccc(C(=O)O)nc1Nc1ccccc1. The van der Waals surface area contributed by atoms with Gasteiger partial charge in [0, 0.05) is 5.69 Å². The van der Waals surface area contributed by atoms with E-state index in [4.69, 9.17) is 10.8 Å². The molecule has 0 aliphatic rings. The van der Waals surface area contributed by atoms with Crippen molar-refractivity contribution < 1.29 is 9.90 Å². The number of nitrogens with two attached hydrogens (primary N) is 1. The second-order valence-corrected chi connectivity index (χ2v) is 3.43. The van der Waals surface area contributed by atoms with Gasteiger partial charge < -0.3 is 16.2 Å². The Morgan fingerprint density at radius 1 is 1.18 bits per heavy atom. The molecular formula is C12H11N3O2. The number of nitrogen functional groups attached to an aromatic ring is 1. The third-order valence-electron chi connectivity index (χ3n) is 2.18. The van der Waals surface area contributed by atoms with Gasteiger partial charge in [-0.2, -0.15) is 0 Å². The van der Waals surface area contributed by atoms with Crippen LogP contribution < -0.4 is 11.1 Å². The molecule has 2 aromatic rings. The summed E-state index contributed by atoms with van der Waals surface area (Å²) < 4.78 is 0. The minimum Gasteiger partial charge on any atom is -0.477 e. The number of para-hydroxylation sites is 1. The largest absolute Gasteiger partial charge is 0.477 e. The van der Waals surface area contributed by atoms with Gasteiger partial charge in [-0.3, -0.25) is 0 Å². The molecule has 1 aromatic heterocycles. The number of nitrogens with one attached hydrogen (secondary N) is 1. The van der Waals surface area contributed by atoms with Crippen molar-refractivity contribution in [2.24, 2.45) is 0 Å². The highest BCUT2D eigenvalue weighted by atomic mass is 16.4. The van der Waals surface area contributed by atoms with E-state index in [1.165, 1.54) is 12.1 Å². The zero-order valence-electron chi connectivity index (χ0n) is 8.92. The van der Waals surface area contributed by atoms with E-state index in [-0.39, 0.29) is 5.69 Å². The summed E-state index contributed by atoms with van der Waals surface area (Å²) in [5.41, 5.74) is 6.88. The van der Waals surface area contributed by atoms with Crippen LogP contribution in [0.15, 0.2) is 42.5 Å². The molecule has 0 fully saturated rings. The van der Waals surface area contributed by atoms with Gasteiger partial charge in [0.15, 0.2) is 11.5 Å². The van der Waals surface area contributed by atoms with Gasteiger partial charge in [-0.15, -0.1) is 0 Å². The summed E-state index contributed by atoms with van der Waals surface area (Å²) in [6.07, 6.45) is 0. The first-order valence-electron chi connectivity index (χ1n) is 4.98. The fourth-order valence-electron chi connectivity index (χ4n) is 1.35. The maximum absolute atomic E-state index is 10.8. The smallest absolute Gasteiger partial charge is 0.354 e. The van der Waals surface area contributed by atoms with E-state index in [1.54, 1.807) is 0 Å². The third kappa shape index (κ3) is 2.52. The van der Waals surface area contributed by atoms with Crippen molar-refractivity contribution in [3.8, 4) is 0 Å². The van der Waals surface area contributed by atoms with Crippen LogP contribution in [0.2, 0.25) is 0 Å². The minimum absolute atomic E-state index is 0.0439. The minimum atomic E-state index is -1.08. The number of aromatic carboxylic acids is 1. The molecule has 0 bridgehead atoms. The molecule has 1 heterocycles. The molecule has 0 saturated carbocycles. The number of carboxylic acids is 1. The van der Waals surface area contributed by atoms with Gasteiger partial charge >= 0.3 is 5.97 Å². The van der Waals surface area contributed by atoms with Crippen LogP contribution in [-0.2, 0) is 0 Å². The van der Waals surface area contributed by atoms with Crippen LogP contribution in [-0.4, -0.2) is 16.1 Å². The molecule has 5 nitrogen and oxygen atoms in total. The number of benzene rings is 1. The Hall–Kier alpha value is -2.56. The van der Waals surface area contributed by atoms with E-state index in [2.05, 4.69) is 10.3 Å². The summed E-state index contributed by atoms with van der Waals surface area (Å²) in [5, 5.41) is 11.8. The van der Waals surface area contributed by atoms with Crippen molar-refractivity contribution in [3.63, 3.8) is 0 Å². The van der Waals surface area contributed by atoms with Gasteiger partial charge in [-0.25, -0.2) is 9.78 Å². The zero-order chi connectivity index (χ0) is 12.3. The van der Waals surface area contributed by atoms with E-state index in [1.807, 2.05) is 30.3 Å². The normalized spacial score (nSPS) is 9.88. The lowest BCUT2D eigenvalue weighted by atomic mass is 10.3. The Morgan fingerprint density at radius 2 is 1.88 bits per heavy atom. The van der Waals surface area contributed by atoms with Gasteiger partial charge in [0.05, 0.1) is 5.69 Å². The summed E-state index contributed by atoms with van der Waals surface area (Å²) in [4.78, 5) is 14.7. The van der Waals surface area contributed by atoms with Crippen LogP contribution in [0, 0.1) is 0 Å². The molecule has 4 N–H and O–H groups in total. The summed E-state index contributed by atoms with van der Waals surface area (Å²) in [6, 6.07) is 12.2. The molecule has 0 aliphatic heterocycles. The number of nitrogens with zero attached hydrogens (tertiary/aromatic N) is 1. The number of aromatic nitrogens is 1. The molecule has 5 heteroatoms. The average Bonchev–Trinajstić information content (AvgIpc) is 2.33. The molecule has 0 atom stereocenters. The first-order valence-corrected chi connectivity index (χ1v) is 4.98. The summed E-state index contributed by atoms with van der Waals surface area (Å²) in [5.74, 6) is -0.739. The maximum Gasteiger partial charge on any atom is 0.354 e. The first-order chi connectivity index (χ1) is 8.16. The second kappa shape index (κ2) is 4.52. The fraction of sp³-hybridized carbons (Fsp3) is 0. The lowest BCUT2D eigenvalue weighted by molar-refractivity contribution is 0.0690. The Labute approximate surface area is 97.9 Å². The molecule has 0 amide bonds. The topological polar surface area (TPSA) is 88.2 Å². The number of hydrogen-bond donors (Lipinski definition) is 3. The van der Waals surface area contributed by atoms with E-state index >= 15 is 0 Å². The summed E-state index contributed by atoms with van der Waals surface area (Å²) >= 11 is 0. The molecule has 17 heavy (non-hydrogen) atoms. The summed E-state index contributed by atoms with van der Waals surface area (Å²) in [7, 11) is 0. The van der Waals surface area contributed by atoms with Gasteiger partial charge in [0.25, 0.3) is 0 Å². The van der Waals surface area contributed by atoms with Gasteiger partial charge in [0.1, 0.15) is 0 Å². The number of carbonyl (C=O) groups is 1. The number of anilines is 3. The lowest BCUT2D eigenvalue weighted by Gasteiger charge is -2.08. The van der Waals surface area contributed by atoms with Crippen LogP contribution in [0.5, 0.6) is 0 Å². The molecule has 0 unspecified atom stereocenters. The van der Waals surface area contributed by atoms with Gasteiger partial charge in [0.2, 0.25) is 0 Å². The molecule has 0 spiro atoms. The molecular weight excluding hydrogens is 218 g/mol. The lowest BCUT2D eigenvalue weighted by Crippen LogP contribution is -2.05. The molecule has 2 rings (SSSR count). The van der Waals surface area contributed by atoms with Crippen LogP contribution in [0.4, 0.5) is 17.2 Å². The quantitative estimate of drug-likeness (QED) is 0.750. The zero-order valence-corrected chi connectivity index (χ0v) is 8.92. The number of hydrogen-bond acceptors (Lipinski definition) is 4. The van der Waals surface area contributed by atoms with Crippen LogP contribution in [0.25, 0.3) is 0 Å². The van der Waals surface area contributed by atoms with Crippen molar-refractivity contribution in [2.75, 3.05) is 11.1 Å². The van der Waals surface area contributed by atoms with E-state index in [0.717, 1.165) is 5.69 Å². The third-order valence-corrected chi connectivity index (χ3v) is 2.18. The van der Waals surface area contributed by atoms with Crippen LogP contribution >= 0.6 is 0 Å². The fourth-order valence-corrected chi connectivity index (χ4v) is 1.35. The Balaban J connectivity index is 2.32. The van der Waals surface area contributed by atoms with Crippen molar-refractivity contribution >= 4 is 23.2 Å². The highest BCUT2D eigenvalue weighted by Gasteiger charge is 2.08. The van der Waals surface area contributed by atoms with Gasteiger partial charge in [-0.1, -0.05) is 18.2 Å². The van der Waals surface area contributed by atoms with Crippen molar-refractivity contribution in [1.82, 2.24) is 4.98 Å². The van der Waals surface area contributed by atoms with Crippen molar-refractivity contribution in [3.05, 3.63) is 48.2 Å². The Kier molecular flexibility index (Phi) is 2.91. The predicted octanol–water partition coefficient (Wildman–Crippen LogP) is 2.11. The van der Waals surface area contributed by atoms with E-state index in [9.17, 15) is 4.79 Å². The van der Waals surface area contributed by atoms with Crippen LogP contribution in [0.3, 0.4) is 0 Å². The summed E-state index contributed by atoms with van der Waals surface area (Å²) in [6.45, 7) is 0. The van der Waals surface area contributed by atoms with Crippen molar-refractivity contribution in [2.45, 2.75) is 0 Å².